The number of nitrogens with zero attached hydrogens (tertiary/aromatic N) is 1. The highest BCUT2D eigenvalue weighted by molar-refractivity contribution is 6.33. The van der Waals surface area contributed by atoms with Gasteiger partial charge in [-0.25, -0.2) is 0 Å². The third kappa shape index (κ3) is 3.68. The van der Waals surface area contributed by atoms with Gasteiger partial charge >= 0.3 is 0 Å². The van der Waals surface area contributed by atoms with Crippen molar-refractivity contribution in [3.8, 4) is 0 Å². The fraction of sp³-hybridized carbons (Fsp3) is 0.182. The largest absolute Gasteiger partial charge is 0.389 e. The molecule has 0 radical (unpaired) electrons. The zero-order chi connectivity index (χ0) is 19.8. The van der Waals surface area contributed by atoms with Gasteiger partial charge in [-0.2, -0.15) is 0 Å². The van der Waals surface area contributed by atoms with Crippen LogP contribution in [0.5, 0.6) is 0 Å². The van der Waals surface area contributed by atoms with Gasteiger partial charge in [0.1, 0.15) is 0 Å². The van der Waals surface area contributed by atoms with Crippen LogP contribution in [0.4, 0.5) is 5.69 Å². The molecule has 0 bridgehead atoms. The average molecular weight is 434 g/mol. The van der Waals surface area contributed by atoms with E-state index in [0.717, 1.165) is 33.1 Å². The molecule has 3 nitrogen and oxygen atoms in total. The minimum absolute atomic E-state index is 0.406. The molecule has 0 aliphatic rings. The summed E-state index contributed by atoms with van der Waals surface area (Å²) in [5.41, 5.74) is 3.92. The number of aliphatic hydroxyl groups is 1. The SMILES string of the molecule is Cc1c(Cl)cccc1NC[C@@H](O)Cn1c2ccc(Cl)cc2c2cc(Cl)ccc21. The number of anilines is 1. The van der Waals surface area contributed by atoms with Crippen molar-refractivity contribution in [2.24, 2.45) is 0 Å². The molecule has 0 aliphatic carbocycles. The van der Waals surface area contributed by atoms with E-state index in [1.54, 1.807) is 0 Å². The van der Waals surface area contributed by atoms with Gasteiger partial charge in [0.15, 0.2) is 0 Å². The molecular formula is C22H19Cl3N2O. The van der Waals surface area contributed by atoms with Gasteiger partial charge in [0.25, 0.3) is 0 Å². The number of hydrogen-bond acceptors (Lipinski definition) is 2. The molecule has 28 heavy (non-hydrogen) atoms. The lowest BCUT2D eigenvalue weighted by Crippen LogP contribution is -2.25. The first-order valence-corrected chi connectivity index (χ1v) is 10.1. The Hall–Kier alpha value is -1.91. The lowest BCUT2D eigenvalue weighted by Gasteiger charge is -2.17. The zero-order valence-corrected chi connectivity index (χ0v) is 17.5. The van der Waals surface area contributed by atoms with Crippen molar-refractivity contribution < 1.29 is 5.11 Å². The maximum Gasteiger partial charge on any atom is 0.0891 e. The quantitative estimate of drug-likeness (QED) is 0.375. The van der Waals surface area contributed by atoms with Crippen molar-refractivity contribution in [1.82, 2.24) is 4.57 Å². The minimum Gasteiger partial charge on any atom is -0.389 e. The van der Waals surface area contributed by atoms with Gasteiger partial charge in [0.2, 0.25) is 0 Å². The molecule has 0 unspecified atom stereocenters. The van der Waals surface area contributed by atoms with Crippen LogP contribution in [0.1, 0.15) is 5.56 Å². The maximum absolute atomic E-state index is 10.7. The summed E-state index contributed by atoms with van der Waals surface area (Å²) in [6.07, 6.45) is -0.594. The molecule has 1 atom stereocenters. The van der Waals surface area contributed by atoms with Gasteiger partial charge in [0.05, 0.1) is 12.6 Å². The van der Waals surface area contributed by atoms with E-state index in [1.807, 2.05) is 61.5 Å². The third-order valence-corrected chi connectivity index (χ3v) is 5.86. The maximum atomic E-state index is 10.7. The van der Waals surface area contributed by atoms with Crippen molar-refractivity contribution in [3.63, 3.8) is 0 Å². The smallest absolute Gasteiger partial charge is 0.0891 e. The van der Waals surface area contributed by atoms with Crippen LogP contribution in [-0.2, 0) is 6.54 Å². The number of rotatable bonds is 5. The molecule has 0 saturated heterocycles. The van der Waals surface area contributed by atoms with Crippen LogP contribution in [0.2, 0.25) is 15.1 Å². The molecule has 1 aromatic heterocycles. The number of aromatic nitrogens is 1. The van der Waals surface area contributed by atoms with Crippen molar-refractivity contribution in [2.45, 2.75) is 19.6 Å². The van der Waals surface area contributed by atoms with E-state index in [0.29, 0.717) is 28.2 Å². The second kappa shape index (κ2) is 7.84. The lowest BCUT2D eigenvalue weighted by molar-refractivity contribution is 0.169. The highest BCUT2D eigenvalue weighted by Crippen LogP contribution is 2.33. The topological polar surface area (TPSA) is 37.2 Å². The Morgan fingerprint density at radius 2 is 1.54 bits per heavy atom. The van der Waals surface area contributed by atoms with Gasteiger partial charge in [-0.3, -0.25) is 0 Å². The van der Waals surface area contributed by atoms with Crippen LogP contribution >= 0.6 is 34.8 Å². The Bertz CT molecular complexity index is 1110. The summed E-state index contributed by atoms with van der Waals surface area (Å²) < 4.78 is 2.11. The predicted molar refractivity (Wildman–Crippen MR) is 120 cm³/mol. The second-order valence-corrected chi connectivity index (χ2v) is 8.16. The Morgan fingerprint density at radius 1 is 0.929 bits per heavy atom. The number of nitrogens with one attached hydrogen (secondary N) is 1. The van der Waals surface area contributed by atoms with Crippen LogP contribution in [0, 0.1) is 6.92 Å². The van der Waals surface area contributed by atoms with Crippen LogP contribution < -0.4 is 5.32 Å². The molecule has 1 heterocycles. The Labute approximate surface area is 178 Å². The molecule has 0 spiro atoms. The van der Waals surface area contributed by atoms with Crippen molar-refractivity contribution in [3.05, 3.63) is 75.2 Å². The Kier molecular flexibility index (Phi) is 5.44. The van der Waals surface area contributed by atoms with Gasteiger partial charge < -0.3 is 15.0 Å². The Morgan fingerprint density at radius 3 is 2.14 bits per heavy atom. The summed E-state index contributed by atoms with van der Waals surface area (Å²) in [6.45, 7) is 2.80. The number of hydrogen-bond donors (Lipinski definition) is 2. The molecule has 0 fully saturated rings. The molecule has 0 saturated carbocycles. The second-order valence-electron chi connectivity index (χ2n) is 6.88. The number of aliphatic hydroxyl groups excluding tert-OH is 1. The number of halogens is 3. The molecule has 4 aromatic rings. The minimum atomic E-state index is -0.594. The first-order chi connectivity index (χ1) is 13.4. The molecule has 0 aliphatic heterocycles. The van der Waals surface area contributed by atoms with E-state index < -0.39 is 6.10 Å². The number of benzene rings is 3. The Balaban J connectivity index is 1.64. The van der Waals surface area contributed by atoms with E-state index >= 15 is 0 Å². The van der Waals surface area contributed by atoms with E-state index in [1.165, 1.54) is 0 Å². The summed E-state index contributed by atoms with van der Waals surface area (Å²) in [5, 5.41) is 18.1. The van der Waals surface area contributed by atoms with Crippen molar-refractivity contribution in [2.75, 3.05) is 11.9 Å². The van der Waals surface area contributed by atoms with Crippen LogP contribution in [0.25, 0.3) is 21.8 Å². The standard InChI is InChI=1S/C22H19Cl3N2O/c1-13-19(25)3-2-4-20(13)26-11-16(28)12-27-21-7-5-14(23)9-17(21)18-10-15(24)6-8-22(18)27/h2-10,16,26,28H,11-12H2,1H3/t16-/m1/s1. The van der Waals surface area contributed by atoms with E-state index in [4.69, 9.17) is 34.8 Å². The first-order valence-electron chi connectivity index (χ1n) is 8.98. The molecule has 6 heteroatoms. The molecule has 4 rings (SSSR count). The van der Waals surface area contributed by atoms with Crippen LogP contribution in [-0.4, -0.2) is 22.3 Å². The average Bonchev–Trinajstić information content (AvgIpc) is 2.95. The number of fused-ring (bicyclic) bond motifs is 3. The lowest BCUT2D eigenvalue weighted by atomic mass is 10.1. The summed E-state index contributed by atoms with van der Waals surface area (Å²) in [6, 6.07) is 17.3. The van der Waals surface area contributed by atoms with Gasteiger partial charge in [-0.1, -0.05) is 40.9 Å². The monoisotopic (exact) mass is 432 g/mol. The molecule has 3 aromatic carbocycles. The van der Waals surface area contributed by atoms with E-state index in [9.17, 15) is 5.11 Å². The highest BCUT2D eigenvalue weighted by Gasteiger charge is 2.15. The molecule has 2 N–H and O–H groups in total. The third-order valence-electron chi connectivity index (χ3n) is 4.98. The summed E-state index contributed by atoms with van der Waals surface area (Å²) in [4.78, 5) is 0. The van der Waals surface area contributed by atoms with E-state index in [2.05, 4.69) is 9.88 Å². The highest BCUT2D eigenvalue weighted by atomic mass is 35.5. The van der Waals surface area contributed by atoms with Crippen LogP contribution in [0.3, 0.4) is 0 Å². The first kappa shape index (κ1) is 19.4. The molecule has 0 amide bonds. The molecule has 144 valence electrons. The van der Waals surface area contributed by atoms with Crippen molar-refractivity contribution >= 4 is 62.3 Å². The summed E-state index contributed by atoms with van der Waals surface area (Å²) in [5.74, 6) is 0. The van der Waals surface area contributed by atoms with Crippen LogP contribution in [0.15, 0.2) is 54.6 Å². The zero-order valence-electron chi connectivity index (χ0n) is 15.2. The predicted octanol–water partition coefficient (Wildman–Crippen LogP) is 6.54. The normalized spacial score (nSPS) is 12.6. The van der Waals surface area contributed by atoms with E-state index in [-0.39, 0.29) is 0 Å². The van der Waals surface area contributed by atoms with Gasteiger partial charge in [-0.05, 0) is 61.0 Å². The van der Waals surface area contributed by atoms with Crippen molar-refractivity contribution in [1.29, 1.82) is 0 Å². The van der Waals surface area contributed by atoms with Gasteiger partial charge in [-0.15, -0.1) is 0 Å². The van der Waals surface area contributed by atoms with Gasteiger partial charge in [0, 0.05) is 49.1 Å². The fourth-order valence-electron chi connectivity index (χ4n) is 3.55. The summed E-state index contributed by atoms with van der Waals surface area (Å²) >= 11 is 18.6. The summed E-state index contributed by atoms with van der Waals surface area (Å²) in [7, 11) is 0. The fourth-order valence-corrected chi connectivity index (χ4v) is 4.07. The molecular weight excluding hydrogens is 415 g/mol.